The summed E-state index contributed by atoms with van der Waals surface area (Å²) >= 11 is 0. The Kier molecular flexibility index (Phi) is 3.93. The standard InChI is InChI=1S/C16H18F3N3O/c1-21-9-13(7-20-21)15(16(17,18)19)11-22(10-14(15)23)8-12-5-3-2-4-6-12/h2-7,9,14,23H,8,10-11H2,1H3. The summed E-state index contributed by atoms with van der Waals surface area (Å²) in [6, 6.07) is 9.28. The van der Waals surface area contributed by atoms with E-state index in [1.165, 1.54) is 17.1 Å². The minimum absolute atomic E-state index is 0.00978. The lowest BCUT2D eigenvalue weighted by Gasteiger charge is -2.33. The average molecular weight is 325 g/mol. The molecule has 0 radical (unpaired) electrons. The molecule has 1 fully saturated rings. The van der Waals surface area contributed by atoms with Gasteiger partial charge < -0.3 is 5.11 Å². The second-order valence-corrected chi connectivity index (χ2v) is 6.04. The van der Waals surface area contributed by atoms with Gasteiger partial charge in [-0.15, -0.1) is 0 Å². The molecule has 1 aliphatic rings. The van der Waals surface area contributed by atoms with Crippen LogP contribution in [-0.2, 0) is 19.0 Å². The van der Waals surface area contributed by atoms with Gasteiger partial charge >= 0.3 is 6.18 Å². The summed E-state index contributed by atoms with van der Waals surface area (Å²) in [4.78, 5) is 1.64. The molecule has 124 valence electrons. The molecule has 7 heteroatoms. The van der Waals surface area contributed by atoms with E-state index in [2.05, 4.69) is 5.10 Å². The summed E-state index contributed by atoms with van der Waals surface area (Å²) in [5.41, 5.74) is -1.37. The van der Waals surface area contributed by atoms with Crippen LogP contribution in [0.1, 0.15) is 11.1 Å². The number of hydrogen-bond acceptors (Lipinski definition) is 3. The molecule has 2 atom stereocenters. The Morgan fingerprint density at radius 3 is 2.57 bits per heavy atom. The molecule has 4 nitrogen and oxygen atoms in total. The van der Waals surface area contributed by atoms with Crippen molar-refractivity contribution in [3.8, 4) is 0 Å². The van der Waals surface area contributed by atoms with Gasteiger partial charge in [0.1, 0.15) is 5.41 Å². The highest BCUT2D eigenvalue weighted by molar-refractivity contribution is 5.29. The molecule has 0 spiro atoms. The first-order valence-electron chi connectivity index (χ1n) is 7.33. The van der Waals surface area contributed by atoms with Crippen molar-refractivity contribution >= 4 is 0 Å². The summed E-state index contributed by atoms with van der Waals surface area (Å²) in [5, 5.41) is 14.1. The summed E-state index contributed by atoms with van der Waals surface area (Å²) in [5.74, 6) is 0. The van der Waals surface area contributed by atoms with E-state index in [1.54, 1.807) is 11.9 Å². The number of rotatable bonds is 3. The smallest absolute Gasteiger partial charge is 0.390 e. The molecule has 0 bridgehead atoms. The van der Waals surface area contributed by atoms with Gasteiger partial charge in [0.05, 0.1) is 12.3 Å². The van der Waals surface area contributed by atoms with E-state index in [1.807, 2.05) is 30.3 Å². The topological polar surface area (TPSA) is 41.3 Å². The fourth-order valence-corrected chi connectivity index (χ4v) is 3.26. The van der Waals surface area contributed by atoms with Gasteiger partial charge in [0.2, 0.25) is 0 Å². The number of nitrogens with zero attached hydrogens (tertiary/aromatic N) is 3. The van der Waals surface area contributed by atoms with Crippen LogP contribution in [0.2, 0.25) is 0 Å². The van der Waals surface area contributed by atoms with E-state index >= 15 is 0 Å². The lowest BCUT2D eigenvalue weighted by atomic mass is 9.78. The number of aromatic nitrogens is 2. The molecule has 2 unspecified atom stereocenters. The average Bonchev–Trinajstić information content (AvgIpc) is 3.04. The van der Waals surface area contributed by atoms with Gasteiger partial charge in [0, 0.05) is 38.4 Å². The normalized spacial score (nSPS) is 25.9. The maximum absolute atomic E-state index is 13.8. The third-order valence-electron chi connectivity index (χ3n) is 4.45. The minimum atomic E-state index is -4.55. The maximum atomic E-state index is 13.8. The highest BCUT2D eigenvalue weighted by Gasteiger charge is 2.64. The van der Waals surface area contributed by atoms with E-state index in [0.29, 0.717) is 6.54 Å². The quantitative estimate of drug-likeness (QED) is 0.940. The van der Waals surface area contributed by atoms with Crippen LogP contribution in [0.4, 0.5) is 13.2 Å². The molecular weight excluding hydrogens is 307 g/mol. The van der Waals surface area contributed by atoms with Crippen molar-refractivity contribution in [3.63, 3.8) is 0 Å². The Morgan fingerprint density at radius 1 is 1.30 bits per heavy atom. The van der Waals surface area contributed by atoms with Gasteiger partial charge in [-0.3, -0.25) is 9.58 Å². The van der Waals surface area contributed by atoms with Crippen LogP contribution in [0, 0.1) is 0 Å². The second-order valence-electron chi connectivity index (χ2n) is 6.04. The number of aryl methyl sites for hydroxylation is 1. The number of β-amino-alcohol motifs (C(OH)–C–C–N with tert-alkyl or cyclic N) is 1. The number of likely N-dealkylation sites (tertiary alicyclic amines) is 1. The predicted molar refractivity (Wildman–Crippen MR) is 78.7 cm³/mol. The Labute approximate surface area is 132 Å². The van der Waals surface area contributed by atoms with Gasteiger partial charge in [-0.1, -0.05) is 30.3 Å². The Bertz CT molecular complexity index is 671. The zero-order valence-electron chi connectivity index (χ0n) is 12.7. The van der Waals surface area contributed by atoms with E-state index in [0.717, 1.165) is 5.56 Å². The van der Waals surface area contributed by atoms with Gasteiger partial charge in [-0.25, -0.2) is 0 Å². The molecule has 23 heavy (non-hydrogen) atoms. The summed E-state index contributed by atoms with van der Waals surface area (Å²) in [7, 11) is 1.57. The number of aliphatic hydroxyl groups is 1. The lowest BCUT2D eigenvalue weighted by molar-refractivity contribution is -0.207. The van der Waals surface area contributed by atoms with Crippen molar-refractivity contribution in [2.75, 3.05) is 13.1 Å². The van der Waals surface area contributed by atoms with Crippen LogP contribution >= 0.6 is 0 Å². The lowest BCUT2D eigenvalue weighted by Crippen LogP contribution is -2.51. The Hall–Kier alpha value is -1.86. The van der Waals surface area contributed by atoms with Gasteiger partial charge in [0.15, 0.2) is 0 Å². The molecule has 1 aromatic heterocycles. The fraction of sp³-hybridized carbons (Fsp3) is 0.438. The van der Waals surface area contributed by atoms with Crippen LogP contribution in [0.3, 0.4) is 0 Å². The van der Waals surface area contributed by atoms with Crippen LogP contribution in [0.15, 0.2) is 42.7 Å². The van der Waals surface area contributed by atoms with Gasteiger partial charge in [0.25, 0.3) is 0 Å². The van der Waals surface area contributed by atoms with Crippen LogP contribution in [0.25, 0.3) is 0 Å². The Balaban J connectivity index is 1.92. The van der Waals surface area contributed by atoms with Crippen LogP contribution < -0.4 is 0 Å². The van der Waals surface area contributed by atoms with Crippen molar-refractivity contribution in [3.05, 3.63) is 53.9 Å². The maximum Gasteiger partial charge on any atom is 0.402 e. The van der Waals surface area contributed by atoms with E-state index in [9.17, 15) is 18.3 Å². The van der Waals surface area contributed by atoms with E-state index in [-0.39, 0.29) is 18.7 Å². The summed E-state index contributed by atoms with van der Waals surface area (Å²) in [6.45, 7) is 0.0670. The number of benzene rings is 1. The molecule has 1 aliphatic heterocycles. The molecule has 1 N–H and O–H groups in total. The number of aliphatic hydroxyl groups excluding tert-OH is 1. The van der Waals surface area contributed by atoms with Crippen molar-refractivity contribution in [1.82, 2.24) is 14.7 Å². The monoisotopic (exact) mass is 325 g/mol. The fourth-order valence-electron chi connectivity index (χ4n) is 3.26. The van der Waals surface area contributed by atoms with Crippen LogP contribution in [0.5, 0.6) is 0 Å². The third-order valence-corrected chi connectivity index (χ3v) is 4.45. The van der Waals surface area contributed by atoms with E-state index in [4.69, 9.17) is 0 Å². The first-order valence-corrected chi connectivity index (χ1v) is 7.33. The highest BCUT2D eigenvalue weighted by Crippen LogP contribution is 2.47. The number of alkyl halides is 3. The first kappa shape index (κ1) is 16.0. The van der Waals surface area contributed by atoms with Crippen LogP contribution in [-0.4, -0.2) is 45.2 Å². The highest BCUT2D eigenvalue weighted by atomic mass is 19.4. The first-order chi connectivity index (χ1) is 10.8. The van der Waals surface area contributed by atoms with E-state index < -0.39 is 17.7 Å². The Morgan fingerprint density at radius 2 is 2.00 bits per heavy atom. The van der Waals surface area contributed by atoms with Crippen molar-refractivity contribution in [1.29, 1.82) is 0 Å². The summed E-state index contributed by atoms with van der Waals surface area (Å²) in [6.07, 6.45) is -3.54. The molecule has 0 amide bonds. The molecule has 1 aromatic carbocycles. The molecule has 2 heterocycles. The van der Waals surface area contributed by atoms with Crippen molar-refractivity contribution in [2.24, 2.45) is 7.05 Å². The zero-order valence-corrected chi connectivity index (χ0v) is 12.7. The van der Waals surface area contributed by atoms with Crippen molar-refractivity contribution in [2.45, 2.75) is 24.2 Å². The minimum Gasteiger partial charge on any atom is -0.390 e. The molecule has 0 saturated carbocycles. The third kappa shape index (κ3) is 2.74. The van der Waals surface area contributed by atoms with Gasteiger partial charge in [-0.2, -0.15) is 18.3 Å². The van der Waals surface area contributed by atoms with Gasteiger partial charge in [-0.05, 0) is 5.56 Å². The molecule has 2 aromatic rings. The molecule has 0 aliphatic carbocycles. The molecule has 3 rings (SSSR count). The van der Waals surface area contributed by atoms with Crippen molar-refractivity contribution < 1.29 is 18.3 Å². The summed E-state index contributed by atoms with van der Waals surface area (Å²) < 4.78 is 42.9. The largest absolute Gasteiger partial charge is 0.402 e. The molecule has 1 saturated heterocycles. The molecular formula is C16H18F3N3O. The number of halogens is 3. The second kappa shape index (κ2) is 5.65. The number of hydrogen-bond donors (Lipinski definition) is 1. The zero-order chi connectivity index (χ0) is 16.7. The predicted octanol–water partition coefficient (Wildman–Crippen LogP) is 2.10. The SMILES string of the molecule is Cn1cc(C2(C(F)(F)F)CN(Cc3ccccc3)CC2O)cn1.